The molecule has 1 heterocycles. The maximum atomic E-state index is 12.2. The van der Waals surface area contributed by atoms with Gasteiger partial charge >= 0.3 is 0 Å². The van der Waals surface area contributed by atoms with E-state index in [-0.39, 0.29) is 17.0 Å². The molecule has 0 spiro atoms. The number of benzene rings is 1. The zero-order valence-electron chi connectivity index (χ0n) is 14.6. The summed E-state index contributed by atoms with van der Waals surface area (Å²) in [6.07, 6.45) is 0.759. The molecule has 1 aromatic heterocycles. The summed E-state index contributed by atoms with van der Waals surface area (Å²) < 4.78 is 0. The van der Waals surface area contributed by atoms with Gasteiger partial charge in [0, 0.05) is 23.0 Å². The van der Waals surface area contributed by atoms with Gasteiger partial charge in [0.15, 0.2) is 0 Å². The van der Waals surface area contributed by atoms with Gasteiger partial charge in [0.1, 0.15) is 0 Å². The van der Waals surface area contributed by atoms with Crippen molar-refractivity contribution in [3.05, 3.63) is 45.7 Å². The van der Waals surface area contributed by atoms with Gasteiger partial charge in [-0.2, -0.15) is 0 Å². The molecule has 0 aliphatic rings. The van der Waals surface area contributed by atoms with E-state index in [9.17, 15) is 9.59 Å². The third-order valence-electron chi connectivity index (χ3n) is 3.75. The van der Waals surface area contributed by atoms with Crippen LogP contribution in [0.1, 0.15) is 58.1 Å². The number of nitrogens with one attached hydrogen (secondary N) is 2. The lowest BCUT2D eigenvalue weighted by Crippen LogP contribution is -2.40. The monoisotopic (exact) mass is 314 g/mol. The molecule has 0 saturated heterocycles. The van der Waals surface area contributed by atoms with Crippen LogP contribution in [0.4, 0.5) is 0 Å². The highest BCUT2D eigenvalue weighted by atomic mass is 16.1. The first-order valence-corrected chi connectivity index (χ1v) is 8.12. The molecule has 0 unspecified atom stereocenters. The molecule has 4 nitrogen and oxygen atoms in total. The number of carbonyl (C=O) groups is 1. The Balaban J connectivity index is 2.22. The van der Waals surface area contributed by atoms with Gasteiger partial charge in [-0.05, 0) is 62.3 Å². The molecule has 0 saturated carbocycles. The van der Waals surface area contributed by atoms with E-state index in [1.54, 1.807) is 0 Å². The fourth-order valence-corrected chi connectivity index (χ4v) is 2.54. The quantitative estimate of drug-likeness (QED) is 0.907. The predicted molar refractivity (Wildman–Crippen MR) is 94.9 cm³/mol. The van der Waals surface area contributed by atoms with E-state index in [1.807, 2.05) is 39.0 Å². The fraction of sp³-hybridized carbons (Fsp3) is 0.474. The van der Waals surface area contributed by atoms with Crippen molar-refractivity contribution < 1.29 is 4.79 Å². The van der Waals surface area contributed by atoms with Crippen molar-refractivity contribution in [3.8, 4) is 0 Å². The van der Waals surface area contributed by atoms with Crippen molar-refractivity contribution in [1.82, 2.24) is 10.3 Å². The normalized spacial score (nSPS) is 11.9. The highest BCUT2D eigenvalue weighted by molar-refractivity contribution is 5.80. The number of hydrogen-bond acceptors (Lipinski definition) is 2. The number of pyridine rings is 1. The summed E-state index contributed by atoms with van der Waals surface area (Å²) in [4.78, 5) is 27.0. The molecule has 0 fully saturated rings. The Labute approximate surface area is 137 Å². The van der Waals surface area contributed by atoms with Crippen LogP contribution in [0.15, 0.2) is 29.1 Å². The summed E-state index contributed by atoms with van der Waals surface area (Å²) >= 11 is 0. The Bertz CT molecular complexity index is 767. The lowest BCUT2D eigenvalue weighted by Gasteiger charge is -2.20. The Morgan fingerprint density at radius 1 is 1.22 bits per heavy atom. The van der Waals surface area contributed by atoms with E-state index < -0.39 is 0 Å². The largest absolute Gasteiger partial charge is 0.351 e. The molecule has 0 bridgehead atoms. The number of hydrogen-bond donors (Lipinski definition) is 2. The Morgan fingerprint density at radius 2 is 1.91 bits per heavy atom. The van der Waals surface area contributed by atoms with Crippen molar-refractivity contribution >= 4 is 16.8 Å². The number of amides is 1. The fourth-order valence-electron chi connectivity index (χ4n) is 2.54. The van der Waals surface area contributed by atoms with Gasteiger partial charge in [-0.15, -0.1) is 0 Å². The molecule has 2 aromatic rings. The molecular formula is C19H26N2O2. The second kappa shape index (κ2) is 6.57. The number of rotatable bonds is 4. The SMILES string of the molecule is CC(C)c1ccc2[nH]c(=O)c(CCC(=O)NC(C)(C)C)cc2c1. The highest BCUT2D eigenvalue weighted by Gasteiger charge is 2.14. The summed E-state index contributed by atoms with van der Waals surface area (Å²) in [6, 6.07) is 8.00. The van der Waals surface area contributed by atoms with Crippen LogP contribution in [-0.2, 0) is 11.2 Å². The molecule has 0 atom stereocenters. The Kier molecular flexibility index (Phi) is 4.93. The molecule has 1 aromatic carbocycles. The maximum absolute atomic E-state index is 12.2. The van der Waals surface area contributed by atoms with Crippen molar-refractivity contribution in [1.29, 1.82) is 0 Å². The van der Waals surface area contributed by atoms with Crippen LogP contribution in [-0.4, -0.2) is 16.4 Å². The molecule has 1 amide bonds. The predicted octanol–water partition coefficient (Wildman–Crippen LogP) is 3.50. The van der Waals surface area contributed by atoms with Gasteiger partial charge in [0.05, 0.1) is 0 Å². The van der Waals surface area contributed by atoms with E-state index >= 15 is 0 Å². The van der Waals surface area contributed by atoms with Crippen molar-refractivity contribution in [2.24, 2.45) is 0 Å². The van der Waals surface area contributed by atoms with E-state index in [4.69, 9.17) is 0 Å². The minimum atomic E-state index is -0.251. The van der Waals surface area contributed by atoms with Gasteiger partial charge in [-0.25, -0.2) is 0 Å². The van der Waals surface area contributed by atoms with Gasteiger partial charge in [0.2, 0.25) is 5.91 Å². The second-order valence-electron chi connectivity index (χ2n) is 7.42. The molecule has 0 aliphatic heterocycles. The van der Waals surface area contributed by atoms with Crippen LogP contribution in [0.2, 0.25) is 0 Å². The van der Waals surface area contributed by atoms with E-state index in [0.29, 0.717) is 24.3 Å². The van der Waals surface area contributed by atoms with Crippen molar-refractivity contribution in [2.45, 2.75) is 58.9 Å². The van der Waals surface area contributed by atoms with Crippen LogP contribution in [0.25, 0.3) is 10.9 Å². The lowest BCUT2D eigenvalue weighted by atomic mass is 10.00. The summed E-state index contributed by atoms with van der Waals surface area (Å²) in [5.74, 6) is 0.403. The topological polar surface area (TPSA) is 62.0 Å². The van der Waals surface area contributed by atoms with Crippen LogP contribution in [0, 0.1) is 0 Å². The van der Waals surface area contributed by atoms with Gasteiger partial charge < -0.3 is 10.3 Å². The maximum Gasteiger partial charge on any atom is 0.251 e. The zero-order chi connectivity index (χ0) is 17.2. The first kappa shape index (κ1) is 17.3. The van der Waals surface area contributed by atoms with Crippen LogP contribution >= 0.6 is 0 Å². The van der Waals surface area contributed by atoms with Gasteiger partial charge in [0.25, 0.3) is 5.56 Å². The first-order chi connectivity index (χ1) is 10.7. The number of carbonyl (C=O) groups excluding carboxylic acids is 1. The summed E-state index contributed by atoms with van der Waals surface area (Å²) in [7, 11) is 0. The molecule has 2 N–H and O–H groups in total. The Hall–Kier alpha value is -2.10. The molecule has 124 valence electrons. The first-order valence-electron chi connectivity index (χ1n) is 8.12. The molecular weight excluding hydrogens is 288 g/mol. The third kappa shape index (κ3) is 4.68. The minimum absolute atomic E-state index is 0.0343. The molecule has 4 heteroatoms. The lowest BCUT2D eigenvalue weighted by molar-refractivity contribution is -0.122. The number of fused-ring (bicyclic) bond motifs is 1. The van der Waals surface area contributed by atoms with Gasteiger partial charge in [-0.1, -0.05) is 19.9 Å². The van der Waals surface area contributed by atoms with Crippen LogP contribution in [0.3, 0.4) is 0 Å². The number of aromatic amines is 1. The van der Waals surface area contributed by atoms with Crippen molar-refractivity contribution in [2.75, 3.05) is 0 Å². The smallest absolute Gasteiger partial charge is 0.251 e. The number of aryl methyl sites for hydroxylation is 1. The van der Waals surface area contributed by atoms with Gasteiger partial charge in [-0.3, -0.25) is 9.59 Å². The standard InChI is InChI=1S/C19H26N2O2/c1-12(2)13-6-8-16-15(10-13)11-14(18(23)20-16)7-9-17(22)21-19(3,4)5/h6,8,10-12H,7,9H2,1-5H3,(H,20,23)(H,21,22). The summed E-state index contributed by atoms with van der Waals surface area (Å²) in [5, 5.41) is 3.93. The average molecular weight is 314 g/mol. The molecule has 0 aliphatic carbocycles. The number of aromatic nitrogens is 1. The minimum Gasteiger partial charge on any atom is -0.351 e. The van der Waals surface area contributed by atoms with E-state index in [2.05, 4.69) is 30.2 Å². The van der Waals surface area contributed by atoms with E-state index in [0.717, 1.165) is 10.9 Å². The molecule has 2 rings (SSSR count). The Morgan fingerprint density at radius 3 is 2.52 bits per heavy atom. The average Bonchev–Trinajstić information content (AvgIpc) is 2.42. The van der Waals surface area contributed by atoms with Crippen LogP contribution in [0.5, 0.6) is 0 Å². The molecule has 0 radical (unpaired) electrons. The van der Waals surface area contributed by atoms with Crippen LogP contribution < -0.4 is 10.9 Å². The van der Waals surface area contributed by atoms with Crippen molar-refractivity contribution in [3.63, 3.8) is 0 Å². The second-order valence-corrected chi connectivity index (χ2v) is 7.42. The zero-order valence-corrected chi connectivity index (χ0v) is 14.6. The number of H-pyrrole nitrogens is 1. The molecule has 23 heavy (non-hydrogen) atoms. The van der Waals surface area contributed by atoms with E-state index in [1.165, 1.54) is 5.56 Å². The summed E-state index contributed by atoms with van der Waals surface area (Å²) in [6.45, 7) is 10.1. The summed E-state index contributed by atoms with van der Waals surface area (Å²) in [5.41, 5.74) is 2.36. The highest BCUT2D eigenvalue weighted by Crippen LogP contribution is 2.20. The third-order valence-corrected chi connectivity index (χ3v) is 3.75.